The van der Waals surface area contributed by atoms with Crippen molar-refractivity contribution in [3.8, 4) is 11.1 Å². The summed E-state index contributed by atoms with van der Waals surface area (Å²) in [5.74, 6) is 0. The van der Waals surface area contributed by atoms with Gasteiger partial charge in [-0.2, -0.15) is 5.10 Å². The van der Waals surface area contributed by atoms with E-state index >= 15 is 0 Å². The quantitative estimate of drug-likeness (QED) is 0.617. The molecule has 0 N–H and O–H groups in total. The molecule has 2 heterocycles. The van der Waals surface area contributed by atoms with Gasteiger partial charge >= 0.3 is 0 Å². The molecule has 2 aromatic heterocycles. The van der Waals surface area contributed by atoms with E-state index in [1.165, 1.54) is 6.33 Å². The van der Waals surface area contributed by atoms with E-state index in [2.05, 4.69) is 33.3 Å². The van der Waals surface area contributed by atoms with Crippen LogP contribution in [0.4, 0.5) is 0 Å². The van der Waals surface area contributed by atoms with Gasteiger partial charge in [-0.15, -0.1) is 0 Å². The topological polar surface area (TPSA) is 43.6 Å². The van der Waals surface area contributed by atoms with Gasteiger partial charge in [-0.05, 0) is 17.7 Å². The number of hydrogen-bond acceptors (Lipinski definition) is 3. The summed E-state index contributed by atoms with van der Waals surface area (Å²) in [6, 6.07) is 6.22. The molecule has 0 aliphatic heterocycles. The number of benzene rings is 1. The molecular formula is C12H10N4. The number of aromatic nitrogens is 4. The molecule has 0 radical (unpaired) electrons. The van der Waals surface area contributed by atoms with Crippen LogP contribution in [0.15, 0.2) is 43.1 Å². The Morgan fingerprint density at radius 2 is 1.81 bits per heavy atom. The van der Waals surface area contributed by atoms with Crippen LogP contribution >= 0.6 is 0 Å². The van der Waals surface area contributed by atoms with E-state index in [0.29, 0.717) is 0 Å². The zero-order chi connectivity index (χ0) is 11.0. The van der Waals surface area contributed by atoms with Gasteiger partial charge in [0.05, 0.1) is 11.7 Å². The molecule has 0 spiro atoms. The summed E-state index contributed by atoms with van der Waals surface area (Å²) in [6.07, 6.45) is 7.02. The highest BCUT2D eigenvalue weighted by Crippen LogP contribution is 2.22. The van der Waals surface area contributed by atoms with Crippen LogP contribution in [0.25, 0.3) is 22.0 Å². The Morgan fingerprint density at radius 1 is 1.00 bits per heavy atom. The Kier molecular flexibility index (Phi) is 1.93. The van der Waals surface area contributed by atoms with E-state index in [0.717, 1.165) is 22.0 Å². The number of aryl methyl sites for hydroxylation is 1. The summed E-state index contributed by atoms with van der Waals surface area (Å²) in [5.41, 5.74) is 3.26. The maximum atomic E-state index is 4.22. The Labute approximate surface area is 92.6 Å². The first kappa shape index (κ1) is 9.03. The van der Waals surface area contributed by atoms with Crippen LogP contribution in [-0.2, 0) is 7.05 Å². The largest absolute Gasteiger partial charge is 0.268 e. The van der Waals surface area contributed by atoms with Gasteiger partial charge in [-0.3, -0.25) is 4.68 Å². The average molecular weight is 210 g/mol. The first-order valence-corrected chi connectivity index (χ1v) is 5.02. The van der Waals surface area contributed by atoms with Crippen molar-refractivity contribution < 1.29 is 0 Å². The molecular weight excluding hydrogens is 200 g/mol. The summed E-state index contributed by atoms with van der Waals surface area (Å²) in [7, 11) is 1.94. The van der Waals surface area contributed by atoms with Crippen LogP contribution in [0, 0.1) is 0 Å². The van der Waals surface area contributed by atoms with Gasteiger partial charge in [0, 0.05) is 30.4 Å². The van der Waals surface area contributed by atoms with Crippen LogP contribution in [0.3, 0.4) is 0 Å². The first-order chi connectivity index (χ1) is 7.84. The van der Waals surface area contributed by atoms with Crippen LogP contribution in [-0.4, -0.2) is 19.7 Å². The summed E-state index contributed by atoms with van der Waals surface area (Å²) in [6.45, 7) is 0. The predicted molar refractivity (Wildman–Crippen MR) is 61.7 cm³/mol. The van der Waals surface area contributed by atoms with Crippen LogP contribution < -0.4 is 0 Å². The van der Waals surface area contributed by atoms with Gasteiger partial charge < -0.3 is 0 Å². The zero-order valence-electron chi connectivity index (χ0n) is 8.83. The fraction of sp³-hybridized carbons (Fsp3) is 0.0833. The normalized spacial score (nSPS) is 10.8. The zero-order valence-corrected chi connectivity index (χ0v) is 8.83. The minimum absolute atomic E-state index is 1.02. The summed E-state index contributed by atoms with van der Waals surface area (Å²) < 4.78 is 1.86. The average Bonchev–Trinajstić information content (AvgIpc) is 2.72. The van der Waals surface area contributed by atoms with Crippen molar-refractivity contribution in [2.24, 2.45) is 7.05 Å². The third-order valence-corrected chi connectivity index (χ3v) is 2.64. The fourth-order valence-corrected chi connectivity index (χ4v) is 1.79. The van der Waals surface area contributed by atoms with E-state index in [4.69, 9.17) is 0 Å². The highest BCUT2D eigenvalue weighted by atomic mass is 15.2. The molecule has 3 rings (SSSR count). The van der Waals surface area contributed by atoms with Crippen molar-refractivity contribution in [3.05, 3.63) is 43.1 Å². The second kappa shape index (κ2) is 3.41. The van der Waals surface area contributed by atoms with E-state index in [1.54, 1.807) is 0 Å². The maximum Gasteiger partial charge on any atom is 0.115 e. The second-order valence-corrected chi connectivity index (χ2v) is 3.67. The molecule has 0 aliphatic carbocycles. The molecule has 0 amide bonds. The molecule has 4 nitrogen and oxygen atoms in total. The lowest BCUT2D eigenvalue weighted by Gasteiger charge is -2.00. The van der Waals surface area contributed by atoms with Crippen LogP contribution in [0.1, 0.15) is 0 Å². The SMILES string of the molecule is Cn1ncc2cc(-c3cncnc3)ccc21. The maximum absolute atomic E-state index is 4.22. The Bertz CT molecular complexity index is 628. The van der Waals surface area contributed by atoms with Crippen molar-refractivity contribution in [2.45, 2.75) is 0 Å². The molecule has 1 aromatic carbocycles. The molecule has 0 saturated heterocycles. The lowest BCUT2D eigenvalue weighted by Crippen LogP contribution is -1.88. The lowest BCUT2D eigenvalue weighted by atomic mass is 10.1. The molecule has 0 unspecified atom stereocenters. The standard InChI is InChI=1S/C12H10N4/c1-16-12-3-2-9(4-10(12)7-15-16)11-5-13-8-14-6-11/h2-8H,1H3. The summed E-state index contributed by atoms with van der Waals surface area (Å²) >= 11 is 0. The summed E-state index contributed by atoms with van der Waals surface area (Å²) in [4.78, 5) is 8.03. The molecule has 0 aliphatic rings. The summed E-state index contributed by atoms with van der Waals surface area (Å²) in [5, 5.41) is 5.34. The molecule has 4 heteroatoms. The van der Waals surface area contributed by atoms with E-state index in [1.807, 2.05) is 30.3 Å². The molecule has 0 fully saturated rings. The van der Waals surface area contributed by atoms with Crippen molar-refractivity contribution in [1.82, 2.24) is 19.7 Å². The molecule has 3 aromatic rings. The van der Waals surface area contributed by atoms with Crippen molar-refractivity contribution in [2.75, 3.05) is 0 Å². The van der Waals surface area contributed by atoms with Crippen molar-refractivity contribution in [1.29, 1.82) is 0 Å². The van der Waals surface area contributed by atoms with Crippen molar-refractivity contribution >= 4 is 10.9 Å². The Morgan fingerprint density at radius 3 is 2.62 bits per heavy atom. The van der Waals surface area contributed by atoms with Crippen LogP contribution in [0.5, 0.6) is 0 Å². The molecule has 0 saturated carbocycles. The molecule has 0 atom stereocenters. The van der Waals surface area contributed by atoms with Gasteiger partial charge in [0.15, 0.2) is 0 Å². The third-order valence-electron chi connectivity index (χ3n) is 2.64. The highest BCUT2D eigenvalue weighted by molar-refractivity contribution is 5.84. The van der Waals surface area contributed by atoms with E-state index in [-0.39, 0.29) is 0 Å². The number of fused-ring (bicyclic) bond motifs is 1. The van der Waals surface area contributed by atoms with Gasteiger partial charge in [-0.25, -0.2) is 9.97 Å². The fourth-order valence-electron chi connectivity index (χ4n) is 1.79. The minimum atomic E-state index is 1.02. The van der Waals surface area contributed by atoms with Gasteiger partial charge in [-0.1, -0.05) is 6.07 Å². The highest BCUT2D eigenvalue weighted by Gasteiger charge is 2.02. The third kappa shape index (κ3) is 1.35. The predicted octanol–water partition coefficient (Wildman–Crippen LogP) is 2.03. The lowest BCUT2D eigenvalue weighted by molar-refractivity contribution is 0.797. The number of hydrogen-bond donors (Lipinski definition) is 0. The van der Waals surface area contributed by atoms with Gasteiger partial charge in [0.2, 0.25) is 0 Å². The van der Waals surface area contributed by atoms with Crippen LogP contribution in [0.2, 0.25) is 0 Å². The van der Waals surface area contributed by atoms with Gasteiger partial charge in [0.25, 0.3) is 0 Å². The van der Waals surface area contributed by atoms with E-state index < -0.39 is 0 Å². The van der Waals surface area contributed by atoms with Crippen molar-refractivity contribution in [3.63, 3.8) is 0 Å². The Balaban J connectivity index is 2.19. The Hall–Kier alpha value is -2.23. The smallest absolute Gasteiger partial charge is 0.115 e. The van der Waals surface area contributed by atoms with E-state index in [9.17, 15) is 0 Å². The van der Waals surface area contributed by atoms with Gasteiger partial charge in [0.1, 0.15) is 6.33 Å². The number of nitrogens with zero attached hydrogens (tertiary/aromatic N) is 4. The number of rotatable bonds is 1. The molecule has 16 heavy (non-hydrogen) atoms. The molecule has 0 bridgehead atoms. The minimum Gasteiger partial charge on any atom is -0.268 e. The second-order valence-electron chi connectivity index (χ2n) is 3.67. The first-order valence-electron chi connectivity index (χ1n) is 5.02. The monoisotopic (exact) mass is 210 g/mol. The molecule has 78 valence electrons.